The Hall–Kier alpha value is -3.28. The van der Waals surface area contributed by atoms with Gasteiger partial charge in [-0.05, 0) is 29.8 Å². The standard InChI is InChI=1S/C17H14N4O2/c1-21-11-14(16(22)13-4-2-3-5-15(13)21)17(23)20-19-10-12-6-8-18-9-7-12/h2-11H,1H3,(H,20,23). The van der Waals surface area contributed by atoms with Gasteiger partial charge in [-0.25, -0.2) is 5.43 Å². The number of amides is 1. The number of pyridine rings is 2. The molecule has 0 unspecified atom stereocenters. The van der Waals surface area contributed by atoms with Crippen molar-refractivity contribution in [3.8, 4) is 0 Å². The summed E-state index contributed by atoms with van der Waals surface area (Å²) >= 11 is 0. The molecule has 3 aromatic rings. The molecule has 1 N–H and O–H groups in total. The monoisotopic (exact) mass is 306 g/mol. The number of nitrogens with one attached hydrogen (secondary N) is 1. The molecule has 1 aromatic carbocycles. The molecular weight excluding hydrogens is 292 g/mol. The van der Waals surface area contributed by atoms with Crippen LogP contribution in [-0.2, 0) is 7.05 Å². The minimum atomic E-state index is -0.540. The normalized spacial score (nSPS) is 11.0. The van der Waals surface area contributed by atoms with Crippen molar-refractivity contribution in [2.75, 3.05) is 0 Å². The molecule has 0 aliphatic carbocycles. The van der Waals surface area contributed by atoms with E-state index in [9.17, 15) is 9.59 Å². The van der Waals surface area contributed by atoms with Crippen LogP contribution < -0.4 is 10.9 Å². The van der Waals surface area contributed by atoms with Crippen molar-refractivity contribution >= 4 is 23.0 Å². The van der Waals surface area contributed by atoms with E-state index in [1.54, 1.807) is 48.3 Å². The van der Waals surface area contributed by atoms with Crippen molar-refractivity contribution in [3.05, 3.63) is 76.3 Å². The molecule has 3 rings (SSSR count). The molecule has 2 heterocycles. The third kappa shape index (κ3) is 3.01. The SMILES string of the molecule is Cn1cc(C(=O)NN=Cc2ccncc2)c(=O)c2ccccc21. The minimum Gasteiger partial charge on any atom is -0.350 e. The first-order valence-corrected chi connectivity index (χ1v) is 6.98. The van der Waals surface area contributed by atoms with Crippen LogP contribution in [-0.4, -0.2) is 21.7 Å². The van der Waals surface area contributed by atoms with Crippen LogP contribution in [0, 0.1) is 0 Å². The molecule has 0 radical (unpaired) electrons. The molecule has 6 heteroatoms. The molecule has 0 aliphatic heterocycles. The Balaban J connectivity index is 1.88. The molecule has 1 amide bonds. The van der Waals surface area contributed by atoms with Crippen LogP contribution in [0.15, 0.2) is 64.9 Å². The summed E-state index contributed by atoms with van der Waals surface area (Å²) in [6, 6.07) is 10.7. The summed E-state index contributed by atoms with van der Waals surface area (Å²) in [4.78, 5) is 28.5. The molecule has 0 bridgehead atoms. The molecule has 0 fully saturated rings. The lowest BCUT2D eigenvalue weighted by Crippen LogP contribution is -2.26. The lowest BCUT2D eigenvalue weighted by atomic mass is 10.1. The van der Waals surface area contributed by atoms with Crippen molar-refractivity contribution in [2.45, 2.75) is 0 Å². The van der Waals surface area contributed by atoms with E-state index in [0.29, 0.717) is 5.39 Å². The summed E-state index contributed by atoms with van der Waals surface area (Å²) in [5, 5.41) is 4.37. The number of carbonyl (C=O) groups is 1. The number of aromatic nitrogens is 2. The van der Waals surface area contributed by atoms with Crippen LogP contribution in [0.4, 0.5) is 0 Å². The molecule has 6 nitrogen and oxygen atoms in total. The number of nitrogens with zero attached hydrogens (tertiary/aromatic N) is 3. The van der Waals surface area contributed by atoms with Crippen molar-refractivity contribution < 1.29 is 4.79 Å². The molecule has 0 saturated carbocycles. The van der Waals surface area contributed by atoms with E-state index in [0.717, 1.165) is 11.1 Å². The molecule has 114 valence electrons. The molecule has 23 heavy (non-hydrogen) atoms. The van der Waals surface area contributed by atoms with Crippen molar-refractivity contribution in [1.29, 1.82) is 0 Å². The summed E-state index contributed by atoms with van der Waals surface area (Å²) in [6.07, 6.45) is 6.26. The van der Waals surface area contributed by atoms with Gasteiger partial charge in [-0.15, -0.1) is 0 Å². The fourth-order valence-electron chi connectivity index (χ4n) is 2.28. The lowest BCUT2D eigenvalue weighted by molar-refractivity contribution is 0.0953. The fourth-order valence-corrected chi connectivity index (χ4v) is 2.28. The number of rotatable bonds is 3. The maximum Gasteiger partial charge on any atom is 0.276 e. The van der Waals surface area contributed by atoms with Crippen LogP contribution >= 0.6 is 0 Å². The second-order valence-corrected chi connectivity index (χ2v) is 4.98. The van der Waals surface area contributed by atoms with Gasteiger partial charge in [0.2, 0.25) is 5.43 Å². The van der Waals surface area contributed by atoms with E-state index in [-0.39, 0.29) is 11.0 Å². The van der Waals surface area contributed by atoms with Gasteiger partial charge in [0.05, 0.1) is 11.7 Å². The molecule has 0 saturated heterocycles. The summed E-state index contributed by atoms with van der Waals surface area (Å²) in [7, 11) is 1.79. The Labute approximate surface area is 132 Å². The number of benzene rings is 1. The fraction of sp³-hybridized carbons (Fsp3) is 0.0588. The Morgan fingerprint density at radius 3 is 2.74 bits per heavy atom. The predicted octanol–water partition coefficient (Wildman–Crippen LogP) is 1.70. The highest BCUT2D eigenvalue weighted by Gasteiger charge is 2.13. The molecule has 0 spiro atoms. The summed E-state index contributed by atoms with van der Waals surface area (Å²) in [5.41, 5.74) is 3.69. The van der Waals surface area contributed by atoms with E-state index in [1.165, 1.54) is 12.4 Å². The molecule has 2 aromatic heterocycles. The third-order valence-corrected chi connectivity index (χ3v) is 3.43. The van der Waals surface area contributed by atoms with Gasteiger partial charge >= 0.3 is 0 Å². The smallest absolute Gasteiger partial charge is 0.276 e. The Kier molecular flexibility index (Phi) is 3.97. The number of carbonyl (C=O) groups excluding carboxylic acids is 1. The summed E-state index contributed by atoms with van der Waals surface area (Å²) in [6.45, 7) is 0. The van der Waals surface area contributed by atoms with Gasteiger partial charge < -0.3 is 4.57 Å². The zero-order chi connectivity index (χ0) is 16.2. The number of aryl methyl sites for hydroxylation is 1. The first kappa shape index (κ1) is 14.6. The average molecular weight is 306 g/mol. The van der Waals surface area contributed by atoms with E-state index >= 15 is 0 Å². The zero-order valence-electron chi connectivity index (χ0n) is 12.4. The molecule has 0 atom stereocenters. The number of hydrogen-bond donors (Lipinski definition) is 1. The summed E-state index contributed by atoms with van der Waals surface area (Å²) in [5.74, 6) is -0.540. The van der Waals surface area contributed by atoms with Gasteiger partial charge in [0.25, 0.3) is 5.91 Å². The Morgan fingerprint density at radius 2 is 1.96 bits per heavy atom. The quantitative estimate of drug-likeness (QED) is 0.591. The van der Waals surface area contributed by atoms with E-state index in [2.05, 4.69) is 15.5 Å². The van der Waals surface area contributed by atoms with Crippen LogP contribution in [0.3, 0.4) is 0 Å². The first-order valence-electron chi connectivity index (χ1n) is 6.98. The average Bonchev–Trinajstić information content (AvgIpc) is 2.59. The molecule has 0 aliphatic rings. The highest BCUT2D eigenvalue weighted by Crippen LogP contribution is 2.10. The third-order valence-electron chi connectivity index (χ3n) is 3.43. The highest BCUT2D eigenvalue weighted by atomic mass is 16.2. The predicted molar refractivity (Wildman–Crippen MR) is 88.5 cm³/mol. The highest BCUT2D eigenvalue weighted by molar-refractivity contribution is 5.97. The second-order valence-electron chi connectivity index (χ2n) is 4.98. The van der Waals surface area contributed by atoms with Gasteiger partial charge in [0, 0.05) is 31.0 Å². The van der Waals surface area contributed by atoms with Gasteiger partial charge in [-0.3, -0.25) is 14.6 Å². The zero-order valence-corrected chi connectivity index (χ0v) is 12.4. The Morgan fingerprint density at radius 1 is 1.22 bits per heavy atom. The number of fused-ring (bicyclic) bond motifs is 1. The topological polar surface area (TPSA) is 76.3 Å². The van der Waals surface area contributed by atoms with Gasteiger partial charge in [-0.2, -0.15) is 5.10 Å². The largest absolute Gasteiger partial charge is 0.350 e. The van der Waals surface area contributed by atoms with E-state index in [4.69, 9.17) is 0 Å². The van der Waals surface area contributed by atoms with Gasteiger partial charge in [0.1, 0.15) is 5.56 Å². The van der Waals surface area contributed by atoms with Crippen molar-refractivity contribution in [3.63, 3.8) is 0 Å². The van der Waals surface area contributed by atoms with Gasteiger partial charge in [-0.1, -0.05) is 12.1 Å². The van der Waals surface area contributed by atoms with Crippen molar-refractivity contribution in [2.24, 2.45) is 12.1 Å². The van der Waals surface area contributed by atoms with Gasteiger partial charge in [0.15, 0.2) is 0 Å². The van der Waals surface area contributed by atoms with Crippen LogP contribution in [0.1, 0.15) is 15.9 Å². The maximum absolute atomic E-state index is 12.4. The van der Waals surface area contributed by atoms with E-state index in [1.807, 2.05) is 12.1 Å². The number of para-hydroxylation sites is 1. The lowest BCUT2D eigenvalue weighted by Gasteiger charge is -2.07. The maximum atomic E-state index is 12.4. The number of hydrazone groups is 1. The van der Waals surface area contributed by atoms with Crippen molar-refractivity contribution in [1.82, 2.24) is 15.0 Å². The molecular formula is C17H14N4O2. The van der Waals surface area contributed by atoms with Crippen LogP contribution in [0.5, 0.6) is 0 Å². The minimum absolute atomic E-state index is 0.0538. The van der Waals surface area contributed by atoms with Crippen LogP contribution in [0.25, 0.3) is 10.9 Å². The first-order chi connectivity index (χ1) is 11.2. The summed E-state index contributed by atoms with van der Waals surface area (Å²) < 4.78 is 1.75. The van der Waals surface area contributed by atoms with E-state index < -0.39 is 5.91 Å². The number of hydrogen-bond acceptors (Lipinski definition) is 4. The second kappa shape index (κ2) is 6.23. The Bertz CT molecular complexity index is 946. The van der Waals surface area contributed by atoms with Crippen LogP contribution in [0.2, 0.25) is 0 Å².